The van der Waals surface area contributed by atoms with E-state index in [9.17, 15) is 0 Å². The molecule has 1 heterocycles. The molecule has 20 heavy (non-hydrogen) atoms. The number of fused-ring (bicyclic) bond motifs is 1. The van der Waals surface area contributed by atoms with Crippen molar-refractivity contribution in [2.75, 3.05) is 7.11 Å². The van der Waals surface area contributed by atoms with Gasteiger partial charge in [0.05, 0.1) is 12.6 Å². The number of rotatable bonds is 5. The van der Waals surface area contributed by atoms with Crippen molar-refractivity contribution in [1.82, 2.24) is 4.98 Å². The molecule has 1 aromatic carbocycles. The minimum absolute atomic E-state index is 0.592. The second-order valence-corrected chi connectivity index (χ2v) is 6.98. The molecule has 2 rings (SSSR count). The molecule has 1 unspecified atom stereocenters. The van der Waals surface area contributed by atoms with Crippen LogP contribution in [0, 0.1) is 5.92 Å². The summed E-state index contributed by atoms with van der Waals surface area (Å²) >= 11 is 8.22. The molecule has 0 radical (unpaired) electrons. The van der Waals surface area contributed by atoms with Gasteiger partial charge in [0, 0.05) is 28.0 Å². The molecule has 2 nitrogen and oxygen atoms in total. The maximum Gasteiger partial charge on any atom is 0.133 e. The van der Waals surface area contributed by atoms with E-state index < -0.39 is 0 Å². The van der Waals surface area contributed by atoms with E-state index in [-0.39, 0.29) is 0 Å². The molecule has 2 aromatic rings. The molecule has 0 amide bonds. The van der Waals surface area contributed by atoms with Crippen molar-refractivity contribution in [2.45, 2.75) is 31.8 Å². The summed E-state index contributed by atoms with van der Waals surface area (Å²) in [7, 11) is 1.65. The molecule has 0 aliphatic carbocycles. The summed E-state index contributed by atoms with van der Waals surface area (Å²) in [5.74, 6) is 2.36. The number of hydrogen-bond donors (Lipinski definition) is 0. The first kappa shape index (κ1) is 15.5. The molecule has 0 fully saturated rings. The fraction of sp³-hybridized carbons (Fsp3) is 0.438. The Balaban J connectivity index is 2.24. The van der Waals surface area contributed by atoms with Crippen molar-refractivity contribution in [3.8, 4) is 5.75 Å². The van der Waals surface area contributed by atoms with E-state index in [1.807, 2.05) is 30.0 Å². The fourth-order valence-corrected chi connectivity index (χ4v) is 3.15. The largest absolute Gasteiger partial charge is 0.497 e. The molecule has 0 N–H and O–H groups in total. The summed E-state index contributed by atoms with van der Waals surface area (Å²) in [6.07, 6.45) is 0. The number of aromatic nitrogens is 1. The molecule has 0 aliphatic rings. The lowest BCUT2D eigenvalue weighted by Crippen LogP contribution is -2.06. The van der Waals surface area contributed by atoms with Crippen LogP contribution in [0.25, 0.3) is 10.9 Å². The Hall–Kier alpha value is -0.930. The second-order valence-electron chi connectivity index (χ2n) is 5.26. The molecule has 1 aromatic heterocycles. The summed E-state index contributed by atoms with van der Waals surface area (Å²) in [6.45, 7) is 6.73. The zero-order valence-electron chi connectivity index (χ0n) is 12.3. The monoisotopic (exact) mass is 309 g/mol. The van der Waals surface area contributed by atoms with Gasteiger partial charge in [-0.2, -0.15) is 11.8 Å². The number of halogens is 1. The minimum Gasteiger partial charge on any atom is -0.497 e. The number of ether oxygens (including phenoxy) is 1. The van der Waals surface area contributed by atoms with E-state index in [2.05, 4.69) is 31.8 Å². The molecule has 0 bridgehead atoms. The van der Waals surface area contributed by atoms with Gasteiger partial charge in [0.1, 0.15) is 10.9 Å². The fourth-order valence-electron chi connectivity index (χ4n) is 1.81. The van der Waals surface area contributed by atoms with E-state index in [0.717, 1.165) is 28.0 Å². The van der Waals surface area contributed by atoms with Crippen LogP contribution in [0.4, 0.5) is 0 Å². The molecule has 4 heteroatoms. The Kier molecular flexibility index (Phi) is 5.17. The van der Waals surface area contributed by atoms with Crippen LogP contribution in [-0.2, 0) is 5.75 Å². The topological polar surface area (TPSA) is 22.1 Å². The lowest BCUT2D eigenvalue weighted by Gasteiger charge is -2.15. The van der Waals surface area contributed by atoms with Gasteiger partial charge in [0.2, 0.25) is 0 Å². The van der Waals surface area contributed by atoms with Crippen LogP contribution < -0.4 is 4.74 Å². The molecule has 0 spiro atoms. The predicted molar refractivity (Wildman–Crippen MR) is 88.9 cm³/mol. The minimum atomic E-state index is 0.592. The number of nitrogens with zero attached hydrogens (tertiary/aromatic N) is 1. The molecule has 0 aliphatic heterocycles. The van der Waals surface area contributed by atoms with E-state index >= 15 is 0 Å². The summed E-state index contributed by atoms with van der Waals surface area (Å²) in [5.41, 5.74) is 1.97. The van der Waals surface area contributed by atoms with Gasteiger partial charge in [0.15, 0.2) is 0 Å². The van der Waals surface area contributed by atoms with Crippen LogP contribution >= 0.6 is 23.4 Å². The van der Waals surface area contributed by atoms with Gasteiger partial charge in [0.25, 0.3) is 0 Å². The van der Waals surface area contributed by atoms with Gasteiger partial charge in [-0.05, 0) is 24.1 Å². The molecule has 1 atom stereocenters. The third-order valence-corrected chi connectivity index (χ3v) is 5.37. The van der Waals surface area contributed by atoms with Gasteiger partial charge in [-0.15, -0.1) is 0 Å². The average Bonchev–Trinajstić information content (AvgIpc) is 2.43. The SMILES string of the molecule is COc1ccc2cc(CSC(C)C(C)C)c(Cl)nc2c1. The lowest BCUT2D eigenvalue weighted by molar-refractivity contribution is 0.415. The van der Waals surface area contributed by atoms with Crippen LogP contribution in [0.3, 0.4) is 0 Å². The Morgan fingerprint density at radius 2 is 2.00 bits per heavy atom. The van der Waals surface area contributed by atoms with Gasteiger partial charge in [-0.1, -0.05) is 32.4 Å². The Bertz CT molecular complexity index is 600. The highest BCUT2D eigenvalue weighted by molar-refractivity contribution is 7.99. The van der Waals surface area contributed by atoms with Gasteiger partial charge < -0.3 is 4.74 Å². The summed E-state index contributed by atoms with van der Waals surface area (Å²) < 4.78 is 5.21. The molecular formula is C16H20ClNOS. The average molecular weight is 310 g/mol. The first-order valence-corrected chi connectivity index (χ1v) is 8.18. The third-order valence-electron chi connectivity index (χ3n) is 3.49. The van der Waals surface area contributed by atoms with Crippen LogP contribution in [0.1, 0.15) is 26.3 Å². The highest BCUT2D eigenvalue weighted by Gasteiger charge is 2.11. The maximum atomic E-state index is 6.30. The zero-order valence-corrected chi connectivity index (χ0v) is 13.9. The smallest absolute Gasteiger partial charge is 0.133 e. The van der Waals surface area contributed by atoms with Crippen molar-refractivity contribution >= 4 is 34.3 Å². The van der Waals surface area contributed by atoms with Crippen LogP contribution in [0.2, 0.25) is 5.15 Å². The first-order valence-electron chi connectivity index (χ1n) is 6.76. The normalized spacial score (nSPS) is 12.9. The number of thioether (sulfide) groups is 1. The number of pyridine rings is 1. The second kappa shape index (κ2) is 6.68. The Morgan fingerprint density at radius 3 is 2.65 bits per heavy atom. The van der Waals surface area contributed by atoms with Crippen molar-refractivity contribution in [1.29, 1.82) is 0 Å². The number of methoxy groups -OCH3 is 1. The molecule has 108 valence electrons. The number of benzene rings is 1. The van der Waals surface area contributed by atoms with Crippen molar-refractivity contribution in [3.05, 3.63) is 35.0 Å². The Morgan fingerprint density at radius 1 is 1.25 bits per heavy atom. The van der Waals surface area contributed by atoms with Crippen molar-refractivity contribution in [2.24, 2.45) is 5.92 Å². The predicted octanol–water partition coefficient (Wildman–Crippen LogP) is 5.17. The quantitative estimate of drug-likeness (QED) is 0.711. The summed E-state index contributed by atoms with van der Waals surface area (Å²) in [6, 6.07) is 8.02. The van der Waals surface area contributed by atoms with E-state index in [0.29, 0.717) is 16.3 Å². The summed E-state index contributed by atoms with van der Waals surface area (Å²) in [5, 5.41) is 2.30. The standard InChI is InChI=1S/C16H20ClNOS/c1-10(2)11(3)20-9-13-7-12-5-6-14(19-4)8-15(12)18-16(13)17/h5-8,10-11H,9H2,1-4H3. The van der Waals surface area contributed by atoms with E-state index in [1.54, 1.807) is 7.11 Å². The van der Waals surface area contributed by atoms with Crippen LogP contribution in [0.5, 0.6) is 5.75 Å². The Labute approximate surface area is 129 Å². The first-order chi connectivity index (χ1) is 9.51. The van der Waals surface area contributed by atoms with Gasteiger partial charge in [-0.3, -0.25) is 0 Å². The van der Waals surface area contributed by atoms with Crippen LogP contribution in [0.15, 0.2) is 24.3 Å². The maximum absolute atomic E-state index is 6.30. The zero-order chi connectivity index (χ0) is 14.7. The summed E-state index contributed by atoms with van der Waals surface area (Å²) in [4.78, 5) is 4.48. The van der Waals surface area contributed by atoms with E-state index in [4.69, 9.17) is 16.3 Å². The van der Waals surface area contributed by atoms with Crippen LogP contribution in [-0.4, -0.2) is 17.3 Å². The van der Waals surface area contributed by atoms with E-state index in [1.165, 1.54) is 0 Å². The van der Waals surface area contributed by atoms with Crippen molar-refractivity contribution in [3.63, 3.8) is 0 Å². The molecule has 0 saturated heterocycles. The highest BCUT2D eigenvalue weighted by atomic mass is 35.5. The lowest BCUT2D eigenvalue weighted by atomic mass is 10.1. The van der Waals surface area contributed by atoms with Crippen molar-refractivity contribution < 1.29 is 4.74 Å². The van der Waals surface area contributed by atoms with Gasteiger partial charge >= 0.3 is 0 Å². The third kappa shape index (κ3) is 3.58. The highest BCUT2D eigenvalue weighted by Crippen LogP contribution is 2.29. The number of hydrogen-bond acceptors (Lipinski definition) is 3. The molecule has 0 saturated carbocycles. The van der Waals surface area contributed by atoms with Gasteiger partial charge in [-0.25, -0.2) is 4.98 Å². The molecular weight excluding hydrogens is 290 g/mol.